The van der Waals surface area contributed by atoms with Crippen LogP contribution in [0.5, 0.6) is 0 Å². The van der Waals surface area contributed by atoms with E-state index in [1.807, 2.05) is 16.3 Å². The molecule has 1 aliphatic heterocycles. The fourth-order valence-corrected chi connectivity index (χ4v) is 2.74. The highest BCUT2D eigenvalue weighted by atomic mass is 16.5. The van der Waals surface area contributed by atoms with Gasteiger partial charge >= 0.3 is 0 Å². The number of hydrogen-bond donors (Lipinski definition) is 0. The highest BCUT2D eigenvalue weighted by molar-refractivity contribution is 5.06. The lowest BCUT2D eigenvalue weighted by molar-refractivity contribution is -0.0387. The van der Waals surface area contributed by atoms with E-state index < -0.39 is 0 Å². The molecule has 1 fully saturated rings. The molecule has 0 N–H and O–H groups in total. The van der Waals surface area contributed by atoms with Crippen molar-refractivity contribution in [3.8, 4) is 0 Å². The Morgan fingerprint density at radius 3 is 2.95 bits per heavy atom. The Balaban J connectivity index is 1.52. The van der Waals surface area contributed by atoms with Crippen LogP contribution in [0.15, 0.2) is 18.7 Å². The van der Waals surface area contributed by atoms with Gasteiger partial charge in [-0.2, -0.15) is 10.2 Å². The van der Waals surface area contributed by atoms with Crippen molar-refractivity contribution in [1.82, 2.24) is 29.4 Å². The van der Waals surface area contributed by atoms with Gasteiger partial charge in [0.15, 0.2) is 0 Å². The molecule has 21 heavy (non-hydrogen) atoms. The second-order valence-corrected chi connectivity index (χ2v) is 5.56. The maximum Gasteiger partial charge on any atom is 0.137 e. The van der Waals surface area contributed by atoms with Gasteiger partial charge in [0.2, 0.25) is 0 Å². The van der Waals surface area contributed by atoms with Gasteiger partial charge < -0.3 is 4.74 Å². The van der Waals surface area contributed by atoms with Crippen molar-refractivity contribution in [3.63, 3.8) is 0 Å². The summed E-state index contributed by atoms with van der Waals surface area (Å²) in [6.07, 6.45) is 3.53. The van der Waals surface area contributed by atoms with E-state index in [0.717, 1.165) is 45.0 Å². The standard InChI is InChI=1S/C14H22N6O/c1-12-7-13(2)20(17-12)9-14-8-18(5-6-21-14)3-4-19-11-15-10-16-19/h7,10-11,14H,3-6,8-9H2,1-2H3/t14-/m1/s1. The van der Waals surface area contributed by atoms with E-state index in [-0.39, 0.29) is 6.10 Å². The summed E-state index contributed by atoms with van der Waals surface area (Å²) in [6, 6.07) is 2.10. The molecule has 3 rings (SSSR count). The quantitative estimate of drug-likeness (QED) is 0.802. The molecular weight excluding hydrogens is 268 g/mol. The van der Waals surface area contributed by atoms with Crippen molar-refractivity contribution in [2.24, 2.45) is 0 Å². The van der Waals surface area contributed by atoms with Gasteiger partial charge in [-0.15, -0.1) is 0 Å². The van der Waals surface area contributed by atoms with Crippen LogP contribution in [0.25, 0.3) is 0 Å². The van der Waals surface area contributed by atoms with Gasteiger partial charge in [0.1, 0.15) is 12.7 Å². The molecule has 1 atom stereocenters. The zero-order valence-corrected chi connectivity index (χ0v) is 12.6. The molecule has 0 unspecified atom stereocenters. The lowest BCUT2D eigenvalue weighted by atomic mass is 10.2. The first-order valence-electron chi connectivity index (χ1n) is 7.38. The molecule has 0 aliphatic carbocycles. The summed E-state index contributed by atoms with van der Waals surface area (Å²) in [5.41, 5.74) is 2.25. The number of nitrogens with zero attached hydrogens (tertiary/aromatic N) is 6. The Kier molecular flexibility index (Phi) is 4.31. The molecule has 0 amide bonds. The Hall–Kier alpha value is -1.73. The Morgan fingerprint density at radius 1 is 1.33 bits per heavy atom. The average molecular weight is 290 g/mol. The lowest BCUT2D eigenvalue weighted by Crippen LogP contribution is -2.45. The fourth-order valence-electron chi connectivity index (χ4n) is 2.74. The average Bonchev–Trinajstić information content (AvgIpc) is 3.07. The SMILES string of the molecule is Cc1cc(C)n(C[C@H]2CN(CCn3cncn3)CCO2)n1. The summed E-state index contributed by atoms with van der Waals surface area (Å²) in [5, 5.41) is 8.65. The van der Waals surface area contributed by atoms with Gasteiger partial charge in [0.25, 0.3) is 0 Å². The molecule has 0 aromatic carbocycles. The van der Waals surface area contributed by atoms with Crippen LogP contribution in [0, 0.1) is 13.8 Å². The number of aromatic nitrogens is 5. The first-order valence-corrected chi connectivity index (χ1v) is 7.38. The van der Waals surface area contributed by atoms with Crippen LogP contribution < -0.4 is 0 Å². The number of rotatable bonds is 5. The largest absolute Gasteiger partial charge is 0.374 e. The third-order valence-electron chi connectivity index (χ3n) is 3.81. The topological polar surface area (TPSA) is 61.0 Å². The smallest absolute Gasteiger partial charge is 0.137 e. The summed E-state index contributed by atoms with van der Waals surface area (Å²) in [6.45, 7) is 9.46. The van der Waals surface area contributed by atoms with Gasteiger partial charge in [0, 0.05) is 25.3 Å². The van der Waals surface area contributed by atoms with E-state index in [1.54, 1.807) is 12.7 Å². The van der Waals surface area contributed by atoms with Gasteiger partial charge in [0.05, 0.1) is 31.5 Å². The lowest BCUT2D eigenvalue weighted by Gasteiger charge is -2.32. The van der Waals surface area contributed by atoms with Crippen LogP contribution in [0.3, 0.4) is 0 Å². The van der Waals surface area contributed by atoms with E-state index in [0.29, 0.717) is 0 Å². The van der Waals surface area contributed by atoms with Crippen molar-refractivity contribution < 1.29 is 4.74 Å². The predicted molar refractivity (Wildman–Crippen MR) is 77.9 cm³/mol. The molecule has 0 spiro atoms. The molecule has 1 saturated heterocycles. The molecule has 0 saturated carbocycles. The Labute approximate surface area is 124 Å². The van der Waals surface area contributed by atoms with Crippen LogP contribution in [0.2, 0.25) is 0 Å². The molecule has 3 heterocycles. The highest BCUT2D eigenvalue weighted by Gasteiger charge is 2.21. The van der Waals surface area contributed by atoms with E-state index in [9.17, 15) is 0 Å². The third-order valence-corrected chi connectivity index (χ3v) is 3.81. The van der Waals surface area contributed by atoms with E-state index in [4.69, 9.17) is 4.74 Å². The minimum Gasteiger partial charge on any atom is -0.374 e. The molecule has 114 valence electrons. The normalized spacial score (nSPS) is 20.0. The molecular formula is C14H22N6O. The number of aryl methyl sites for hydroxylation is 2. The third kappa shape index (κ3) is 3.68. The molecule has 7 nitrogen and oxygen atoms in total. The number of morpholine rings is 1. The van der Waals surface area contributed by atoms with Crippen molar-refractivity contribution >= 4 is 0 Å². The van der Waals surface area contributed by atoms with Crippen molar-refractivity contribution in [2.45, 2.75) is 33.0 Å². The van der Waals surface area contributed by atoms with Crippen molar-refractivity contribution in [1.29, 1.82) is 0 Å². The Morgan fingerprint density at radius 2 is 2.24 bits per heavy atom. The van der Waals surface area contributed by atoms with Gasteiger partial charge in [-0.3, -0.25) is 14.3 Å². The van der Waals surface area contributed by atoms with Crippen molar-refractivity contribution in [2.75, 3.05) is 26.2 Å². The number of hydrogen-bond acceptors (Lipinski definition) is 5. The predicted octanol–water partition coefficient (Wildman–Crippen LogP) is 0.492. The summed E-state index contributed by atoms with van der Waals surface area (Å²) in [4.78, 5) is 6.38. The van der Waals surface area contributed by atoms with E-state index >= 15 is 0 Å². The van der Waals surface area contributed by atoms with Crippen LogP contribution in [-0.4, -0.2) is 61.8 Å². The van der Waals surface area contributed by atoms with Crippen LogP contribution in [-0.2, 0) is 17.8 Å². The molecule has 2 aromatic heterocycles. The number of ether oxygens (including phenoxy) is 1. The second-order valence-electron chi connectivity index (χ2n) is 5.56. The first kappa shape index (κ1) is 14.2. The maximum absolute atomic E-state index is 5.88. The molecule has 1 aliphatic rings. The minimum atomic E-state index is 0.201. The van der Waals surface area contributed by atoms with E-state index in [1.165, 1.54) is 5.69 Å². The minimum absolute atomic E-state index is 0.201. The molecule has 0 bridgehead atoms. The second kappa shape index (κ2) is 6.36. The molecule has 2 aromatic rings. The zero-order chi connectivity index (χ0) is 14.7. The van der Waals surface area contributed by atoms with Crippen LogP contribution >= 0.6 is 0 Å². The first-order chi connectivity index (χ1) is 10.2. The molecule has 0 radical (unpaired) electrons. The Bertz CT molecular complexity index is 564. The summed E-state index contributed by atoms with van der Waals surface area (Å²) in [5.74, 6) is 0. The van der Waals surface area contributed by atoms with Crippen LogP contribution in [0.4, 0.5) is 0 Å². The van der Waals surface area contributed by atoms with E-state index in [2.05, 4.69) is 33.1 Å². The maximum atomic E-state index is 5.88. The zero-order valence-electron chi connectivity index (χ0n) is 12.6. The van der Waals surface area contributed by atoms with Gasteiger partial charge in [-0.05, 0) is 19.9 Å². The van der Waals surface area contributed by atoms with Crippen LogP contribution in [0.1, 0.15) is 11.4 Å². The summed E-state index contributed by atoms with van der Waals surface area (Å²) in [7, 11) is 0. The monoisotopic (exact) mass is 290 g/mol. The van der Waals surface area contributed by atoms with Gasteiger partial charge in [-0.25, -0.2) is 4.98 Å². The van der Waals surface area contributed by atoms with Gasteiger partial charge in [-0.1, -0.05) is 0 Å². The summed E-state index contributed by atoms with van der Waals surface area (Å²) < 4.78 is 9.79. The van der Waals surface area contributed by atoms with Crippen molar-refractivity contribution in [3.05, 3.63) is 30.1 Å². The summed E-state index contributed by atoms with van der Waals surface area (Å²) >= 11 is 0. The fraction of sp³-hybridized carbons (Fsp3) is 0.643. The highest BCUT2D eigenvalue weighted by Crippen LogP contribution is 2.10. The molecule has 7 heteroatoms.